The van der Waals surface area contributed by atoms with Crippen molar-refractivity contribution in [3.05, 3.63) is 28.4 Å². The van der Waals surface area contributed by atoms with Crippen molar-refractivity contribution < 1.29 is 13.9 Å². The van der Waals surface area contributed by atoms with Gasteiger partial charge in [-0.25, -0.2) is 0 Å². The van der Waals surface area contributed by atoms with Crippen LogP contribution < -0.4 is 19.8 Å². The number of piperazine rings is 1. The highest BCUT2D eigenvalue weighted by molar-refractivity contribution is 5.86. The minimum absolute atomic E-state index is 0.102. The van der Waals surface area contributed by atoms with E-state index in [-0.39, 0.29) is 5.43 Å². The first kappa shape index (κ1) is 14.7. The SMILES string of the molecule is COc1cc(OC)c2c(=O)cc(N3CCN(C)CC3)oc2c1. The van der Waals surface area contributed by atoms with Crippen LogP contribution in [0.4, 0.5) is 5.88 Å². The second kappa shape index (κ2) is 5.88. The summed E-state index contributed by atoms with van der Waals surface area (Å²) in [6, 6.07) is 4.95. The van der Waals surface area contributed by atoms with Gasteiger partial charge >= 0.3 is 0 Å². The van der Waals surface area contributed by atoms with E-state index in [1.165, 1.54) is 7.11 Å². The molecule has 1 saturated heterocycles. The molecule has 1 aliphatic rings. The average molecular weight is 304 g/mol. The van der Waals surface area contributed by atoms with Gasteiger partial charge in [0.2, 0.25) is 0 Å². The summed E-state index contributed by atoms with van der Waals surface area (Å²) in [5.74, 6) is 1.66. The lowest BCUT2D eigenvalue weighted by atomic mass is 10.2. The lowest BCUT2D eigenvalue weighted by molar-refractivity contribution is 0.306. The first-order valence-electron chi connectivity index (χ1n) is 7.25. The summed E-state index contributed by atoms with van der Waals surface area (Å²) in [6.07, 6.45) is 0. The molecule has 1 aromatic carbocycles. The maximum Gasteiger partial charge on any atom is 0.200 e. The van der Waals surface area contributed by atoms with E-state index >= 15 is 0 Å². The van der Waals surface area contributed by atoms with E-state index in [0.29, 0.717) is 28.4 Å². The van der Waals surface area contributed by atoms with E-state index in [1.54, 1.807) is 25.3 Å². The van der Waals surface area contributed by atoms with E-state index in [4.69, 9.17) is 13.9 Å². The second-order valence-corrected chi connectivity index (χ2v) is 5.44. The number of anilines is 1. The summed E-state index contributed by atoms with van der Waals surface area (Å²) in [7, 11) is 5.19. The maximum absolute atomic E-state index is 12.5. The molecule has 1 fully saturated rings. The number of hydrogen-bond acceptors (Lipinski definition) is 6. The van der Waals surface area contributed by atoms with Gasteiger partial charge in [-0.05, 0) is 7.05 Å². The fourth-order valence-corrected chi connectivity index (χ4v) is 2.68. The Hall–Kier alpha value is -2.21. The van der Waals surface area contributed by atoms with Crippen LogP contribution in [-0.2, 0) is 0 Å². The smallest absolute Gasteiger partial charge is 0.200 e. The summed E-state index contributed by atoms with van der Waals surface area (Å²) in [4.78, 5) is 16.8. The van der Waals surface area contributed by atoms with Crippen molar-refractivity contribution in [2.75, 3.05) is 52.3 Å². The largest absolute Gasteiger partial charge is 0.496 e. The van der Waals surface area contributed by atoms with E-state index in [9.17, 15) is 4.79 Å². The maximum atomic E-state index is 12.5. The number of rotatable bonds is 3. The zero-order valence-corrected chi connectivity index (χ0v) is 13.1. The first-order chi connectivity index (χ1) is 10.6. The van der Waals surface area contributed by atoms with Gasteiger partial charge in [0.05, 0.1) is 14.2 Å². The van der Waals surface area contributed by atoms with Crippen molar-refractivity contribution in [1.29, 1.82) is 0 Å². The van der Waals surface area contributed by atoms with Crippen LogP contribution in [0.1, 0.15) is 0 Å². The standard InChI is InChI=1S/C16H20N2O4/c1-17-4-6-18(7-5-17)15-10-12(19)16-13(21-3)8-11(20-2)9-14(16)22-15/h8-10H,4-7H2,1-3H3. The van der Waals surface area contributed by atoms with Crippen LogP contribution in [0, 0.1) is 0 Å². The molecule has 1 aromatic heterocycles. The lowest BCUT2D eigenvalue weighted by Gasteiger charge is -2.32. The molecule has 2 heterocycles. The molecule has 22 heavy (non-hydrogen) atoms. The summed E-state index contributed by atoms with van der Waals surface area (Å²) in [6.45, 7) is 3.57. The molecule has 6 nitrogen and oxygen atoms in total. The highest BCUT2D eigenvalue weighted by atomic mass is 16.5. The molecule has 1 aliphatic heterocycles. The molecule has 0 spiro atoms. The highest BCUT2D eigenvalue weighted by Crippen LogP contribution is 2.31. The van der Waals surface area contributed by atoms with E-state index < -0.39 is 0 Å². The van der Waals surface area contributed by atoms with Gasteiger partial charge < -0.3 is 23.7 Å². The number of hydrogen-bond donors (Lipinski definition) is 0. The third kappa shape index (κ3) is 2.62. The molecule has 0 bridgehead atoms. The molecule has 2 aromatic rings. The van der Waals surface area contributed by atoms with Crippen LogP contribution in [0.3, 0.4) is 0 Å². The quantitative estimate of drug-likeness (QED) is 0.858. The summed E-state index contributed by atoms with van der Waals surface area (Å²) >= 11 is 0. The first-order valence-corrected chi connectivity index (χ1v) is 7.25. The third-order valence-electron chi connectivity index (χ3n) is 4.03. The normalized spacial score (nSPS) is 16.0. The van der Waals surface area contributed by atoms with Gasteiger partial charge in [0.1, 0.15) is 22.5 Å². The number of ether oxygens (including phenoxy) is 2. The zero-order chi connectivity index (χ0) is 15.7. The van der Waals surface area contributed by atoms with Crippen molar-refractivity contribution in [3.63, 3.8) is 0 Å². The number of likely N-dealkylation sites (N-methyl/N-ethyl adjacent to an activating group) is 1. The Kier molecular flexibility index (Phi) is 3.94. The Morgan fingerprint density at radius 2 is 1.77 bits per heavy atom. The van der Waals surface area contributed by atoms with Gasteiger partial charge in [0.15, 0.2) is 11.3 Å². The Morgan fingerprint density at radius 1 is 1.05 bits per heavy atom. The molecule has 0 aliphatic carbocycles. The molecule has 0 amide bonds. The van der Waals surface area contributed by atoms with Gasteiger partial charge in [0, 0.05) is 44.4 Å². The fourth-order valence-electron chi connectivity index (χ4n) is 2.68. The molecule has 6 heteroatoms. The second-order valence-electron chi connectivity index (χ2n) is 5.44. The Balaban J connectivity index is 2.09. The van der Waals surface area contributed by atoms with Crippen LogP contribution in [0.5, 0.6) is 11.5 Å². The third-order valence-corrected chi connectivity index (χ3v) is 4.03. The number of fused-ring (bicyclic) bond motifs is 1. The summed E-state index contributed by atoms with van der Waals surface area (Å²) in [5, 5.41) is 0.446. The molecule has 0 saturated carbocycles. The topological polar surface area (TPSA) is 55.2 Å². The van der Waals surface area contributed by atoms with Crippen molar-refractivity contribution in [2.24, 2.45) is 0 Å². The Bertz CT molecular complexity index is 733. The number of benzene rings is 1. The molecular weight excluding hydrogens is 284 g/mol. The predicted octanol–water partition coefficient (Wildman–Crippen LogP) is 1.56. The van der Waals surface area contributed by atoms with Gasteiger partial charge in [-0.3, -0.25) is 4.79 Å². The van der Waals surface area contributed by atoms with E-state index in [0.717, 1.165) is 26.2 Å². The predicted molar refractivity (Wildman–Crippen MR) is 85.3 cm³/mol. The van der Waals surface area contributed by atoms with E-state index in [2.05, 4.69) is 16.8 Å². The molecule has 118 valence electrons. The lowest BCUT2D eigenvalue weighted by Crippen LogP contribution is -2.44. The highest BCUT2D eigenvalue weighted by Gasteiger charge is 2.19. The molecule has 0 unspecified atom stereocenters. The summed E-state index contributed by atoms with van der Waals surface area (Å²) in [5.41, 5.74) is 0.382. The van der Waals surface area contributed by atoms with Crippen molar-refractivity contribution in [1.82, 2.24) is 4.90 Å². The molecule has 0 atom stereocenters. The minimum Gasteiger partial charge on any atom is -0.496 e. The number of methoxy groups -OCH3 is 2. The van der Waals surface area contributed by atoms with Crippen LogP contribution in [-0.4, -0.2) is 52.3 Å². The van der Waals surface area contributed by atoms with Gasteiger partial charge in [0.25, 0.3) is 0 Å². The molecule has 3 rings (SSSR count). The molecule has 0 radical (unpaired) electrons. The van der Waals surface area contributed by atoms with Crippen LogP contribution in [0.25, 0.3) is 11.0 Å². The zero-order valence-electron chi connectivity index (χ0n) is 13.1. The van der Waals surface area contributed by atoms with Gasteiger partial charge in [-0.2, -0.15) is 0 Å². The minimum atomic E-state index is -0.102. The van der Waals surface area contributed by atoms with Crippen molar-refractivity contribution >= 4 is 16.9 Å². The van der Waals surface area contributed by atoms with Crippen molar-refractivity contribution in [3.8, 4) is 11.5 Å². The number of nitrogens with zero attached hydrogens (tertiary/aromatic N) is 2. The van der Waals surface area contributed by atoms with Gasteiger partial charge in [-0.1, -0.05) is 0 Å². The van der Waals surface area contributed by atoms with Crippen LogP contribution >= 0.6 is 0 Å². The monoisotopic (exact) mass is 304 g/mol. The Labute approximate surface area is 128 Å². The van der Waals surface area contributed by atoms with Crippen molar-refractivity contribution in [2.45, 2.75) is 0 Å². The summed E-state index contributed by atoms with van der Waals surface area (Å²) < 4.78 is 16.5. The molecular formula is C16H20N2O4. The van der Waals surface area contributed by atoms with Crippen LogP contribution in [0.15, 0.2) is 27.4 Å². The average Bonchev–Trinajstić information content (AvgIpc) is 2.54. The Morgan fingerprint density at radius 3 is 2.41 bits per heavy atom. The van der Waals surface area contributed by atoms with E-state index in [1.807, 2.05) is 0 Å². The van der Waals surface area contributed by atoms with Crippen LogP contribution in [0.2, 0.25) is 0 Å². The van der Waals surface area contributed by atoms with Gasteiger partial charge in [-0.15, -0.1) is 0 Å². The fraction of sp³-hybridized carbons (Fsp3) is 0.438. The molecule has 0 N–H and O–H groups in total.